The SMILES string of the molecule is CS(=O)(=O)c1ccc2nc(N(CCN3CCOCC3)C(=O)CSc3ccccc3)sc2c1.Cl. The van der Waals surface area contributed by atoms with E-state index in [0.29, 0.717) is 36.2 Å². The maximum atomic E-state index is 13.2. The van der Waals surface area contributed by atoms with E-state index in [0.717, 1.165) is 29.2 Å². The van der Waals surface area contributed by atoms with E-state index >= 15 is 0 Å². The molecule has 0 unspecified atom stereocenters. The van der Waals surface area contributed by atoms with Crippen molar-refractivity contribution < 1.29 is 17.9 Å². The van der Waals surface area contributed by atoms with Gasteiger partial charge in [-0.2, -0.15) is 0 Å². The van der Waals surface area contributed by atoms with E-state index in [-0.39, 0.29) is 23.2 Å². The molecule has 0 radical (unpaired) electrons. The Labute approximate surface area is 208 Å². The van der Waals surface area contributed by atoms with Crippen LogP contribution in [0.15, 0.2) is 58.3 Å². The van der Waals surface area contributed by atoms with E-state index in [9.17, 15) is 13.2 Å². The molecule has 4 rings (SSSR count). The van der Waals surface area contributed by atoms with Crippen LogP contribution in [-0.2, 0) is 19.4 Å². The first kappa shape index (κ1) is 25.9. The highest BCUT2D eigenvalue weighted by Gasteiger charge is 2.22. The molecule has 7 nitrogen and oxygen atoms in total. The van der Waals surface area contributed by atoms with Gasteiger partial charge in [-0.1, -0.05) is 29.5 Å². The maximum absolute atomic E-state index is 13.2. The Kier molecular flexibility index (Phi) is 9.14. The fourth-order valence-electron chi connectivity index (χ4n) is 3.37. The molecule has 0 bridgehead atoms. The van der Waals surface area contributed by atoms with Crippen LogP contribution in [0.5, 0.6) is 0 Å². The van der Waals surface area contributed by atoms with Crippen molar-refractivity contribution in [1.82, 2.24) is 9.88 Å². The number of carbonyl (C=O) groups is 1. The van der Waals surface area contributed by atoms with Crippen LogP contribution in [0.2, 0.25) is 0 Å². The lowest BCUT2D eigenvalue weighted by molar-refractivity contribution is -0.116. The highest BCUT2D eigenvalue weighted by atomic mass is 35.5. The van der Waals surface area contributed by atoms with Gasteiger partial charge in [0.05, 0.1) is 34.1 Å². The van der Waals surface area contributed by atoms with Crippen LogP contribution >= 0.6 is 35.5 Å². The van der Waals surface area contributed by atoms with E-state index < -0.39 is 9.84 Å². The van der Waals surface area contributed by atoms with E-state index in [2.05, 4.69) is 9.88 Å². The van der Waals surface area contributed by atoms with Gasteiger partial charge in [0, 0.05) is 37.3 Å². The molecule has 0 spiro atoms. The minimum absolute atomic E-state index is 0. The molecule has 0 saturated carbocycles. The number of aromatic nitrogens is 1. The molecule has 2 heterocycles. The van der Waals surface area contributed by atoms with Gasteiger partial charge in [0.15, 0.2) is 15.0 Å². The lowest BCUT2D eigenvalue weighted by atomic mass is 10.3. The number of fused-ring (bicyclic) bond motifs is 1. The van der Waals surface area contributed by atoms with Gasteiger partial charge in [-0.25, -0.2) is 13.4 Å². The van der Waals surface area contributed by atoms with Crippen molar-refractivity contribution in [1.29, 1.82) is 0 Å². The van der Waals surface area contributed by atoms with Gasteiger partial charge >= 0.3 is 0 Å². The molecule has 1 fully saturated rings. The number of sulfone groups is 1. The molecular weight excluding hydrogens is 502 g/mol. The molecule has 178 valence electrons. The topological polar surface area (TPSA) is 79.8 Å². The van der Waals surface area contributed by atoms with Gasteiger partial charge in [-0.15, -0.1) is 24.2 Å². The van der Waals surface area contributed by atoms with Crippen molar-refractivity contribution in [2.75, 3.05) is 56.3 Å². The molecule has 1 aromatic heterocycles. The van der Waals surface area contributed by atoms with Crippen LogP contribution < -0.4 is 4.90 Å². The van der Waals surface area contributed by atoms with Gasteiger partial charge in [0.2, 0.25) is 5.91 Å². The normalized spacial score (nSPS) is 14.7. The minimum atomic E-state index is -3.31. The zero-order chi connectivity index (χ0) is 22.6. The van der Waals surface area contributed by atoms with Gasteiger partial charge in [0.1, 0.15) is 0 Å². The number of thiazole rings is 1. The number of rotatable bonds is 8. The number of hydrogen-bond donors (Lipinski definition) is 0. The van der Waals surface area contributed by atoms with Crippen LogP contribution in [0.25, 0.3) is 10.2 Å². The molecule has 11 heteroatoms. The average Bonchev–Trinajstić information content (AvgIpc) is 3.21. The molecule has 1 saturated heterocycles. The summed E-state index contributed by atoms with van der Waals surface area (Å²) >= 11 is 2.85. The number of amides is 1. The average molecular weight is 528 g/mol. The minimum Gasteiger partial charge on any atom is -0.379 e. The summed E-state index contributed by atoms with van der Waals surface area (Å²) in [6, 6.07) is 14.7. The van der Waals surface area contributed by atoms with E-state index in [1.165, 1.54) is 29.4 Å². The van der Waals surface area contributed by atoms with Crippen LogP contribution in [0, 0.1) is 0 Å². The van der Waals surface area contributed by atoms with E-state index in [4.69, 9.17) is 4.74 Å². The van der Waals surface area contributed by atoms with Crippen molar-refractivity contribution in [2.45, 2.75) is 9.79 Å². The van der Waals surface area contributed by atoms with Crippen LogP contribution in [0.1, 0.15) is 0 Å². The van der Waals surface area contributed by atoms with Crippen LogP contribution in [0.4, 0.5) is 5.13 Å². The lowest BCUT2D eigenvalue weighted by Gasteiger charge is -2.29. The summed E-state index contributed by atoms with van der Waals surface area (Å²) < 4.78 is 30.0. The van der Waals surface area contributed by atoms with Crippen molar-refractivity contribution in [2.24, 2.45) is 0 Å². The number of morpholine rings is 1. The standard InChI is InChI=1S/C22H25N3O4S3.ClH/c1-32(27,28)18-7-8-19-20(15-18)31-22(23-19)25(10-9-24-11-13-29-14-12-24)21(26)16-30-17-5-3-2-4-6-17;/h2-8,15H,9-14,16H2,1H3;1H. The van der Waals surface area contributed by atoms with Gasteiger partial charge in [-0.3, -0.25) is 14.6 Å². The molecule has 0 aliphatic carbocycles. The highest BCUT2D eigenvalue weighted by molar-refractivity contribution is 8.00. The summed E-state index contributed by atoms with van der Waals surface area (Å²) in [5.41, 5.74) is 0.692. The quantitative estimate of drug-likeness (QED) is 0.414. The zero-order valence-corrected chi connectivity index (χ0v) is 21.4. The Morgan fingerprint density at radius 2 is 1.91 bits per heavy atom. The fraction of sp³-hybridized carbons (Fsp3) is 0.364. The second-order valence-corrected chi connectivity index (χ2v) is 11.6. The van der Waals surface area contributed by atoms with Gasteiger partial charge in [-0.05, 0) is 30.3 Å². The second kappa shape index (κ2) is 11.6. The number of nitrogens with zero attached hydrogens (tertiary/aromatic N) is 3. The third-order valence-electron chi connectivity index (χ3n) is 5.16. The number of benzene rings is 2. The van der Waals surface area contributed by atoms with Crippen LogP contribution in [0.3, 0.4) is 0 Å². The van der Waals surface area contributed by atoms with Gasteiger partial charge in [0.25, 0.3) is 0 Å². The summed E-state index contributed by atoms with van der Waals surface area (Å²) in [5, 5.41) is 0.595. The first-order chi connectivity index (χ1) is 15.4. The van der Waals surface area contributed by atoms with Crippen molar-refractivity contribution in [3.63, 3.8) is 0 Å². The predicted octanol–water partition coefficient (Wildman–Crippen LogP) is 3.58. The molecule has 0 atom stereocenters. The number of thioether (sulfide) groups is 1. The smallest absolute Gasteiger partial charge is 0.239 e. The monoisotopic (exact) mass is 527 g/mol. The summed E-state index contributed by atoms with van der Waals surface area (Å²) in [7, 11) is -3.31. The first-order valence-corrected chi connectivity index (χ1v) is 14.0. The lowest BCUT2D eigenvalue weighted by Crippen LogP contribution is -2.43. The van der Waals surface area contributed by atoms with Gasteiger partial charge < -0.3 is 4.74 Å². The second-order valence-electron chi connectivity index (χ2n) is 7.50. The predicted molar refractivity (Wildman–Crippen MR) is 137 cm³/mol. The Hall–Kier alpha value is -1.69. The number of carbonyl (C=O) groups excluding carboxylic acids is 1. The number of anilines is 1. The molecule has 0 N–H and O–H groups in total. The molecule has 1 aliphatic rings. The number of hydrogen-bond acceptors (Lipinski definition) is 8. The summed E-state index contributed by atoms with van der Waals surface area (Å²) in [6.45, 7) is 4.35. The van der Waals surface area contributed by atoms with E-state index in [1.807, 2.05) is 30.3 Å². The van der Waals surface area contributed by atoms with Crippen molar-refractivity contribution in [3.8, 4) is 0 Å². The molecule has 1 aliphatic heterocycles. The largest absolute Gasteiger partial charge is 0.379 e. The Morgan fingerprint density at radius 1 is 1.18 bits per heavy atom. The summed E-state index contributed by atoms with van der Waals surface area (Å²) in [4.78, 5) is 23.2. The third kappa shape index (κ3) is 6.91. The maximum Gasteiger partial charge on any atom is 0.239 e. The number of ether oxygens (including phenoxy) is 1. The Balaban J connectivity index is 0.00000306. The molecule has 1 amide bonds. The highest BCUT2D eigenvalue weighted by Crippen LogP contribution is 2.31. The zero-order valence-electron chi connectivity index (χ0n) is 18.2. The molecule has 3 aromatic rings. The Morgan fingerprint density at radius 3 is 2.61 bits per heavy atom. The fourth-order valence-corrected chi connectivity index (χ4v) is 5.94. The molecular formula is C22H26ClN3O4S3. The third-order valence-corrected chi connectivity index (χ3v) is 8.31. The molecule has 33 heavy (non-hydrogen) atoms. The molecule has 2 aromatic carbocycles. The summed E-state index contributed by atoms with van der Waals surface area (Å²) in [6.07, 6.45) is 1.19. The Bertz CT molecular complexity index is 1180. The first-order valence-electron chi connectivity index (χ1n) is 10.3. The van der Waals surface area contributed by atoms with E-state index in [1.54, 1.807) is 23.1 Å². The number of halogens is 1. The van der Waals surface area contributed by atoms with Crippen molar-refractivity contribution in [3.05, 3.63) is 48.5 Å². The van der Waals surface area contributed by atoms with Crippen molar-refractivity contribution >= 4 is 66.6 Å². The van der Waals surface area contributed by atoms with Crippen LogP contribution in [-0.4, -0.2) is 75.6 Å². The summed E-state index contributed by atoms with van der Waals surface area (Å²) in [5.74, 6) is 0.284.